The zero-order chi connectivity index (χ0) is 14.5. The smallest absolute Gasteiger partial charge is 0.243 e. The van der Waals surface area contributed by atoms with Crippen molar-refractivity contribution in [3.63, 3.8) is 0 Å². The van der Waals surface area contributed by atoms with Crippen molar-refractivity contribution in [1.29, 1.82) is 0 Å². The van der Waals surface area contributed by atoms with E-state index in [-0.39, 0.29) is 6.04 Å². The van der Waals surface area contributed by atoms with E-state index in [4.69, 9.17) is 21.9 Å². The summed E-state index contributed by atoms with van der Waals surface area (Å²) in [5, 5.41) is 4.71. The number of nitrogens with two attached hydrogens (primary N) is 1. The third kappa shape index (κ3) is 3.98. The Bertz CT molecular complexity index is 544. The summed E-state index contributed by atoms with van der Waals surface area (Å²) in [7, 11) is 0. The molecule has 0 saturated heterocycles. The first-order valence-electron chi connectivity index (χ1n) is 6.56. The molecule has 0 amide bonds. The van der Waals surface area contributed by atoms with E-state index in [0.29, 0.717) is 23.4 Å². The van der Waals surface area contributed by atoms with Crippen LogP contribution in [0.25, 0.3) is 0 Å². The molecular formula is C14H18ClN3OS. The Balaban J connectivity index is 1.94. The summed E-state index contributed by atoms with van der Waals surface area (Å²) >= 11 is 7.48. The van der Waals surface area contributed by atoms with E-state index in [1.807, 2.05) is 24.3 Å². The minimum Gasteiger partial charge on any atom is -0.338 e. The Labute approximate surface area is 128 Å². The van der Waals surface area contributed by atoms with Gasteiger partial charge in [0.25, 0.3) is 0 Å². The molecule has 1 heterocycles. The summed E-state index contributed by atoms with van der Waals surface area (Å²) in [4.78, 5) is 5.48. The number of hydrogen-bond donors (Lipinski definition) is 1. The van der Waals surface area contributed by atoms with Gasteiger partial charge in [-0.2, -0.15) is 4.98 Å². The topological polar surface area (TPSA) is 64.9 Å². The van der Waals surface area contributed by atoms with Gasteiger partial charge in [0.05, 0.1) is 11.8 Å². The lowest BCUT2D eigenvalue weighted by Crippen LogP contribution is -2.18. The van der Waals surface area contributed by atoms with E-state index in [9.17, 15) is 0 Å². The molecule has 2 N–H and O–H groups in total. The lowest BCUT2D eigenvalue weighted by Gasteiger charge is -2.12. The highest BCUT2D eigenvalue weighted by atomic mass is 35.5. The van der Waals surface area contributed by atoms with Crippen LogP contribution < -0.4 is 5.73 Å². The van der Waals surface area contributed by atoms with Crippen LogP contribution in [0.2, 0.25) is 5.02 Å². The first-order chi connectivity index (χ1) is 9.60. The van der Waals surface area contributed by atoms with Crippen LogP contribution >= 0.6 is 23.4 Å². The third-order valence-corrected chi connectivity index (χ3v) is 4.47. The summed E-state index contributed by atoms with van der Waals surface area (Å²) in [6, 6.07) is 7.48. The van der Waals surface area contributed by atoms with Gasteiger partial charge >= 0.3 is 0 Å². The molecule has 4 nitrogen and oxygen atoms in total. The molecule has 6 heteroatoms. The summed E-state index contributed by atoms with van der Waals surface area (Å²) in [5.74, 6) is 2.16. The SMILES string of the molecule is CCC(C)C(N)c1nc(CSc2ccc(Cl)cc2)no1. The largest absolute Gasteiger partial charge is 0.338 e. The number of rotatable bonds is 6. The van der Waals surface area contributed by atoms with Crippen LogP contribution in [0.3, 0.4) is 0 Å². The minimum atomic E-state index is -0.193. The highest BCUT2D eigenvalue weighted by Gasteiger charge is 2.19. The van der Waals surface area contributed by atoms with Gasteiger partial charge < -0.3 is 10.3 Å². The highest BCUT2D eigenvalue weighted by molar-refractivity contribution is 7.98. The van der Waals surface area contributed by atoms with E-state index in [1.54, 1.807) is 11.8 Å². The molecule has 0 aliphatic carbocycles. The van der Waals surface area contributed by atoms with E-state index in [2.05, 4.69) is 24.0 Å². The maximum absolute atomic E-state index is 6.07. The predicted octanol–water partition coefficient (Wildman–Crippen LogP) is 4.06. The Morgan fingerprint density at radius 3 is 2.70 bits per heavy atom. The van der Waals surface area contributed by atoms with E-state index < -0.39 is 0 Å². The lowest BCUT2D eigenvalue weighted by atomic mass is 10.0. The normalized spacial score (nSPS) is 14.2. The van der Waals surface area contributed by atoms with Gasteiger partial charge in [0.2, 0.25) is 5.89 Å². The average Bonchev–Trinajstić information content (AvgIpc) is 2.94. The van der Waals surface area contributed by atoms with Crippen LogP contribution in [0.4, 0.5) is 0 Å². The van der Waals surface area contributed by atoms with Crippen molar-refractivity contribution in [1.82, 2.24) is 10.1 Å². The van der Waals surface area contributed by atoms with Gasteiger partial charge in [0, 0.05) is 9.92 Å². The fourth-order valence-electron chi connectivity index (χ4n) is 1.64. The van der Waals surface area contributed by atoms with Crippen molar-refractivity contribution in [2.24, 2.45) is 11.7 Å². The second kappa shape index (κ2) is 7.11. The Morgan fingerprint density at radius 2 is 2.05 bits per heavy atom. The van der Waals surface area contributed by atoms with Gasteiger partial charge in [-0.25, -0.2) is 0 Å². The number of aromatic nitrogens is 2. The van der Waals surface area contributed by atoms with Gasteiger partial charge in [-0.1, -0.05) is 37.0 Å². The van der Waals surface area contributed by atoms with Crippen LogP contribution in [0.5, 0.6) is 0 Å². The monoisotopic (exact) mass is 311 g/mol. The fourth-order valence-corrected chi connectivity index (χ4v) is 2.51. The Hall–Kier alpha value is -1.04. The summed E-state index contributed by atoms with van der Waals surface area (Å²) in [6.07, 6.45) is 0.985. The summed E-state index contributed by atoms with van der Waals surface area (Å²) in [6.45, 7) is 4.18. The summed E-state index contributed by atoms with van der Waals surface area (Å²) in [5.41, 5.74) is 6.07. The van der Waals surface area contributed by atoms with Gasteiger partial charge in [-0.05, 0) is 30.2 Å². The molecule has 0 saturated carbocycles. The first kappa shape index (κ1) is 15.4. The van der Waals surface area contributed by atoms with E-state index in [1.165, 1.54) is 0 Å². The number of benzene rings is 1. The molecule has 20 heavy (non-hydrogen) atoms. The first-order valence-corrected chi connectivity index (χ1v) is 7.93. The van der Waals surface area contributed by atoms with Crippen LogP contribution in [0.15, 0.2) is 33.7 Å². The van der Waals surface area contributed by atoms with Crippen LogP contribution in [0.1, 0.15) is 38.0 Å². The molecule has 2 rings (SSSR count). The maximum atomic E-state index is 6.07. The predicted molar refractivity (Wildman–Crippen MR) is 81.7 cm³/mol. The molecule has 1 aromatic heterocycles. The molecular weight excluding hydrogens is 294 g/mol. The second-order valence-corrected chi connectivity index (χ2v) is 6.19. The van der Waals surface area contributed by atoms with Crippen molar-refractivity contribution in [2.45, 2.75) is 37.0 Å². The molecule has 2 unspecified atom stereocenters. The second-order valence-electron chi connectivity index (χ2n) is 4.70. The van der Waals surface area contributed by atoms with Gasteiger partial charge in [-0.15, -0.1) is 11.8 Å². The zero-order valence-electron chi connectivity index (χ0n) is 11.5. The Kier molecular flexibility index (Phi) is 5.46. The van der Waals surface area contributed by atoms with Crippen LogP contribution in [0, 0.1) is 5.92 Å². The quantitative estimate of drug-likeness (QED) is 0.815. The number of nitrogens with zero attached hydrogens (tertiary/aromatic N) is 2. The zero-order valence-corrected chi connectivity index (χ0v) is 13.1. The van der Waals surface area contributed by atoms with Crippen molar-refractivity contribution in [3.05, 3.63) is 41.0 Å². The van der Waals surface area contributed by atoms with E-state index in [0.717, 1.165) is 16.3 Å². The molecule has 0 aliphatic rings. The average molecular weight is 312 g/mol. The summed E-state index contributed by atoms with van der Waals surface area (Å²) < 4.78 is 5.24. The van der Waals surface area contributed by atoms with Crippen molar-refractivity contribution in [2.75, 3.05) is 0 Å². The molecule has 108 valence electrons. The van der Waals surface area contributed by atoms with Gasteiger partial charge in [0.15, 0.2) is 5.82 Å². The lowest BCUT2D eigenvalue weighted by molar-refractivity contribution is 0.311. The molecule has 0 spiro atoms. The number of hydrogen-bond acceptors (Lipinski definition) is 5. The molecule has 1 aromatic carbocycles. The van der Waals surface area contributed by atoms with Gasteiger partial charge in [0.1, 0.15) is 0 Å². The van der Waals surface area contributed by atoms with Gasteiger partial charge in [-0.3, -0.25) is 0 Å². The third-order valence-electron chi connectivity index (χ3n) is 3.21. The highest BCUT2D eigenvalue weighted by Crippen LogP contribution is 2.25. The fraction of sp³-hybridized carbons (Fsp3) is 0.429. The minimum absolute atomic E-state index is 0.193. The number of halogens is 1. The maximum Gasteiger partial charge on any atom is 0.243 e. The van der Waals surface area contributed by atoms with E-state index >= 15 is 0 Å². The Morgan fingerprint density at radius 1 is 1.35 bits per heavy atom. The van der Waals surface area contributed by atoms with Crippen LogP contribution in [-0.4, -0.2) is 10.1 Å². The van der Waals surface area contributed by atoms with Crippen molar-refractivity contribution in [3.8, 4) is 0 Å². The standard InChI is InChI=1S/C14H18ClN3OS/c1-3-9(2)13(16)14-17-12(18-19-14)8-20-11-6-4-10(15)5-7-11/h4-7,9,13H,3,8,16H2,1-2H3. The molecule has 2 aromatic rings. The molecule has 0 fully saturated rings. The molecule has 2 atom stereocenters. The molecule has 0 aliphatic heterocycles. The molecule has 0 bridgehead atoms. The number of thioether (sulfide) groups is 1. The van der Waals surface area contributed by atoms with Crippen molar-refractivity contribution < 1.29 is 4.52 Å². The van der Waals surface area contributed by atoms with Crippen molar-refractivity contribution >= 4 is 23.4 Å². The molecule has 0 radical (unpaired) electrons. The van der Waals surface area contributed by atoms with Crippen LogP contribution in [-0.2, 0) is 5.75 Å².